The molecule has 184 valence electrons. The quantitative estimate of drug-likeness (QED) is 0.461. The smallest absolute Gasteiger partial charge is 0.326 e. The highest BCUT2D eigenvalue weighted by Crippen LogP contribution is 2.38. The molecule has 1 heterocycles. The third-order valence-corrected chi connectivity index (χ3v) is 6.22. The minimum absolute atomic E-state index is 0.0654. The van der Waals surface area contributed by atoms with Gasteiger partial charge in [-0.1, -0.05) is 37.3 Å². The number of aliphatic hydroxyl groups is 1. The molecule has 0 radical (unpaired) electrons. The van der Waals surface area contributed by atoms with Gasteiger partial charge in [-0.25, -0.2) is 4.79 Å². The van der Waals surface area contributed by atoms with E-state index in [-0.39, 0.29) is 18.9 Å². The first kappa shape index (κ1) is 25.5. The van der Waals surface area contributed by atoms with Crippen molar-refractivity contribution >= 4 is 11.9 Å². The van der Waals surface area contributed by atoms with Crippen LogP contribution in [0.2, 0.25) is 0 Å². The van der Waals surface area contributed by atoms with Crippen molar-refractivity contribution in [3.63, 3.8) is 0 Å². The van der Waals surface area contributed by atoms with Crippen LogP contribution in [0, 0.1) is 5.92 Å². The van der Waals surface area contributed by atoms with E-state index in [1.165, 1.54) is 0 Å². The topological polar surface area (TPSA) is 114 Å². The van der Waals surface area contributed by atoms with Crippen molar-refractivity contribution in [1.82, 2.24) is 5.32 Å². The number of ether oxygens (including phenoxy) is 3. The van der Waals surface area contributed by atoms with Crippen LogP contribution < -0.4 is 14.8 Å². The summed E-state index contributed by atoms with van der Waals surface area (Å²) in [5.74, 6) is -0.351. The predicted molar refractivity (Wildman–Crippen MR) is 127 cm³/mol. The molecule has 0 aliphatic carbocycles. The number of amides is 1. The molecule has 2 aromatic carbocycles. The molecule has 0 bridgehead atoms. The zero-order valence-electron chi connectivity index (χ0n) is 19.9. The molecule has 2 aromatic rings. The van der Waals surface area contributed by atoms with Crippen LogP contribution in [0.1, 0.15) is 31.7 Å². The molecule has 8 nitrogen and oxygen atoms in total. The number of aliphatic hydroxyl groups excluding tert-OH is 1. The third-order valence-electron chi connectivity index (χ3n) is 6.22. The Balaban J connectivity index is 1.77. The van der Waals surface area contributed by atoms with Crippen molar-refractivity contribution in [2.24, 2.45) is 5.92 Å². The van der Waals surface area contributed by atoms with Crippen LogP contribution >= 0.6 is 0 Å². The Morgan fingerprint density at radius 2 is 1.76 bits per heavy atom. The number of carbonyl (C=O) groups excluding carboxylic acids is 1. The standard InChI is InChI=1S/C26H33NO7/c1-17(16-28)15-26(12-5-13-34-26)25(31)27-20(24(29)30)14-18-8-10-19(11-9-18)23-21(32-2)6-4-7-22(23)33-3/h4,6-11,17,20,28H,5,12-16H2,1-3H3,(H,27,31)(H,29,30)/t17?,20-,26?/m0/s1. The van der Waals surface area contributed by atoms with Gasteiger partial charge < -0.3 is 29.7 Å². The molecule has 2 unspecified atom stereocenters. The Morgan fingerprint density at radius 1 is 1.12 bits per heavy atom. The van der Waals surface area contributed by atoms with Crippen LogP contribution in [0.15, 0.2) is 42.5 Å². The van der Waals surface area contributed by atoms with Gasteiger partial charge in [-0.05, 0) is 48.4 Å². The Kier molecular flexibility index (Phi) is 8.52. The molecule has 8 heteroatoms. The third kappa shape index (κ3) is 5.69. The highest BCUT2D eigenvalue weighted by Gasteiger charge is 2.44. The number of nitrogens with one attached hydrogen (secondary N) is 1. The minimum Gasteiger partial charge on any atom is -0.496 e. The molecule has 1 fully saturated rings. The summed E-state index contributed by atoms with van der Waals surface area (Å²) in [6.45, 7) is 2.21. The van der Waals surface area contributed by atoms with Gasteiger partial charge in [0.25, 0.3) is 5.91 Å². The summed E-state index contributed by atoms with van der Waals surface area (Å²) in [6, 6.07) is 11.8. The summed E-state index contributed by atoms with van der Waals surface area (Å²) in [5.41, 5.74) is 1.33. The molecule has 1 aliphatic rings. The number of carboxylic acids is 1. The van der Waals surface area contributed by atoms with Gasteiger partial charge in [0.1, 0.15) is 23.1 Å². The first-order valence-corrected chi connectivity index (χ1v) is 11.4. The number of carbonyl (C=O) groups is 2. The first-order chi connectivity index (χ1) is 16.3. The van der Waals surface area contributed by atoms with Crippen molar-refractivity contribution in [1.29, 1.82) is 0 Å². The molecule has 34 heavy (non-hydrogen) atoms. The van der Waals surface area contributed by atoms with Gasteiger partial charge in [0.15, 0.2) is 0 Å². The van der Waals surface area contributed by atoms with Crippen LogP contribution in [-0.4, -0.2) is 61.2 Å². The summed E-state index contributed by atoms with van der Waals surface area (Å²) < 4.78 is 16.7. The van der Waals surface area contributed by atoms with Gasteiger partial charge in [-0.3, -0.25) is 4.79 Å². The van der Waals surface area contributed by atoms with E-state index in [0.29, 0.717) is 30.9 Å². The molecule has 3 N–H and O–H groups in total. The van der Waals surface area contributed by atoms with Gasteiger partial charge in [0.2, 0.25) is 0 Å². The second kappa shape index (κ2) is 11.4. The van der Waals surface area contributed by atoms with E-state index in [2.05, 4.69) is 5.32 Å². The van der Waals surface area contributed by atoms with Gasteiger partial charge >= 0.3 is 5.97 Å². The van der Waals surface area contributed by atoms with E-state index in [4.69, 9.17) is 14.2 Å². The van der Waals surface area contributed by atoms with E-state index >= 15 is 0 Å². The zero-order valence-corrected chi connectivity index (χ0v) is 19.9. The van der Waals surface area contributed by atoms with Gasteiger partial charge in [-0.15, -0.1) is 0 Å². The molecular weight excluding hydrogens is 438 g/mol. The van der Waals surface area contributed by atoms with Crippen LogP contribution in [0.5, 0.6) is 11.5 Å². The van der Waals surface area contributed by atoms with Crippen molar-refractivity contribution in [2.75, 3.05) is 27.4 Å². The number of hydrogen-bond donors (Lipinski definition) is 3. The second-order valence-corrected chi connectivity index (χ2v) is 8.74. The lowest BCUT2D eigenvalue weighted by atomic mass is 9.88. The predicted octanol–water partition coefficient (Wildman–Crippen LogP) is 3.05. The van der Waals surface area contributed by atoms with Gasteiger partial charge in [0.05, 0.1) is 19.8 Å². The van der Waals surface area contributed by atoms with E-state index in [1.807, 2.05) is 49.4 Å². The summed E-state index contributed by atoms with van der Waals surface area (Å²) in [7, 11) is 3.18. The summed E-state index contributed by atoms with van der Waals surface area (Å²) in [4.78, 5) is 25.1. The lowest BCUT2D eigenvalue weighted by Crippen LogP contribution is -2.53. The van der Waals surface area contributed by atoms with Gasteiger partial charge in [-0.2, -0.15) is 0 Å². The minimum atomic E-state index is -1.12. The Bertz CT molecular complexity index is 961. The molecule has 3 atom stereocenters. The molecule has 1 saturated heterocycles. The van der Waals surface area contributed by atoms with Crippen molar-refractivity contribution < 1.29 is 34.0 Å². The molecule has 0 spiro atoms. The average Bonchev–Trinajstić information content (AvgIpc) is 3.33. The summed E-state index contributed by atoms with van der Waals surface area (Å²) in [5, 5.41) is 21.9. The maximum absolute atomic E-state index is 13.1. The monoisotopic (exact) mass is 471 g/mol. The highest BCUT2D eigenvalue weighted by atomic mass is 16.5. The number of benzene rings is 2. The van der Waals surface area contributed by atoms with E-state index in [1.54, 1.807) is 14.2 Å². The number of aliphatic carboxylic acids is 1. The van der Waals surface area contributed by atoms with Crippen LogP contribution in [0.4, 0.5) is 0 Å². The van der Waals surface area contributed by atoms with Crippen molar-refractivity contribution in [2.45, 2.75) is 44.2 Å². The molecule has 3 rings (SSSR count). The number of hydrogen-bond acceptors (Lipinski definition) is 6. The van der Waals surface area contributed by atoms with Crippen LogP contribution in [-0.2, 0) is 20.7 Å². The van der Waals surface area contributed by atoms with E-state index in [9.17, 15) is 19.8 Å². The molecule has 1 aliphatic heterocycles. The Morgan fingerprint density at radius 3 is 2.26 bits per heavy atom. The fourth-order valence-corrected chi connectivity index (χ4v) is 4.43. The van der Waals surface area contributed by atoms with Gasteiger partial charge in [0, 0.05) is 19.6 Å². The van der Waals surface area contributed by atoms with E-state index < -0.39 is 23.5 Å². The lowest BCUT2D eigenvalue weighted by molar-refractivity contribution is -0.150. The van der Waals surface area contributed by atoms with Crippen molar-refractivity contribution in [3.8, 4) is 22.6 Å². The number of methoxy groups -OCH3 is 2. The number of rotatable bonds is 11. The fourth-order valence-electron chi connectivity index (χ4n) is 4.43. The Hall–Kier alpha value is -3.10. The highest BCUT2D eigenvalue weighted by molar-refractivity contribution is 5.89. The normalized spacial score (nSPS) is 19.3. The SMILES string of the molecule is COc1cccc(OC)c1-c1ccc(C[C@H](NC(=O)C2(CC(C)CO)CCCO2)C(=O)O)cc1. The molecule has 0 aromatic heterocycles. The lowest BCUT2D eigenvalue weighted by Gasteiger charge is -2.30. The number of carboxylic acid groups (broad SMARTS) is 1. The largest absolute Gasteiger partial charge is 0.496 e. The molecular formula is C26H33NO7. The summed E-state index contributed by atoms with van der Waals surface area (Å²) >= 11 is 0. The fraction of sp³-hybridized carbons (Fsp3) is 0.462. The first-order valence-electron chi connectivity index (χ1n) is 11.4. The van der Waals surface area contributed by atoms with Crippen molar-refractivity contribution in [3.05, 3.63) is 48.0 Å². The zero-order chi connectivity index (χ0) is 24.7. The molecule has 1 amide bonds. The molecule has 0 saturated carbocycles. The second-order valence-electron chi connectivity index (χ2n) is 8.74. The summed E-state index contributed by atoms with van der Waals surface area (Å²) in [6.07, 6.45) is 1.69. The maximum atomic E-state index is 13.1. The average molecular weight is 472 g/mol. The van der Waals surface area contributed by atoms with E-state index in [0.717, 1.165) is 23.1 Å². The Labute approximate surface area is 199 Å². The van der Waals surface area contributed by atoms with Crippen LogP contribution in [0.25, 0.3) is 11.1 Å². The van der Waals surface area contributed by atoms with Crippen LogP contribution in [0.3, 0.4) is 0 Å². The maximum Gasteiger partial charge on any atom is 0.326 e.